The van der Waals surface area contributed by atoms with Crippen LogP contribution < -0.4 is 0 Å². The molecule has 0 bridgehead atoms. The van der Waals surface area contributed by atoms with E-state index in [2.05, 4.69) is 19.9 Å². The van der Waals surface area contributed by atoms with E-state index in [4.69, 9.17) is 0 Å². The molecule has 1 fully saturated rings. The van der Waals surface area contributed by atoms with E-state index in [-0.39, 0.29) is 16.9 Å². The molecular formula is C31H33F3. The van der Waals surface area contributed by atoms with Gasteiger partial charge in [0.2, 0.25) is 0 Å². The molecule has 1 aliphatic carbocycles. The van der Waals surface area contributed by atoms with E-state index in [1.165, 1.54) is 0 Å². The highest BCUT2D eigenvalue weighted by Crippen LogP contribution is 2.37. The van der Waals surface area contributed by atoms with Crippen molar-refractivity contribution in [1.29, 1.82) is 0 Å². The van der Waals surface area contributed by atoms with Crippen molar-refractivity contribution in [1.82, 2.24) is 0 Å². The van der Waals surface area contributed by atoms with Gasteiger partial charge in [0, 0.05) is 11.1 Å². The Morgan fingerprint density at radius 2 is 1.56 bits per heavy atom. The largest absolute Gasteiger partial charge is 0.207 e. The van der Waals surface area contributed by atoms with Crippen LogP contribution in [0.25, 0.3) is 17.2 Å². The molecule has 0 aliphatic heterocycles. The van der Waals surface area contributed by atoms with Gasteiger partial charge in [0.05, 0.1) is 0 Å². The monoisotopic (exact) mass is 462 g/mol. The van der Waals surface area contributed by atoms with Gasteiger partial charge in [0.15, 0.2) is 11.6 Å². The Morgan fingerprint density at radius 1 is 0.824 bits per heavy atom. The minimum atomic E-state index is -0.802. The Balaban J connectivity index is 1.40. The third-order valence-corrected chi connectivity index (χ3v) is 7.17. The third-order valence-electron chi connectivity index (χ3n) is 7.17. The molecule has 1 saturated carbocycles. The van der Waals surface area contributed by atoms with E-state index in [1.54, 1.807) is 24.3 Å². The van der Waals surface area contributed by atoms with E-state index in [9.17, 15) is 13.2 Å². The molecule has 0 atom stereocenters. The molecule has 0 heterocycles. The fourth-order valence-electron chi connectivity index (χ4n) is 5.01. The number of rotatable bonds is 7. The third kappa shape index (κ3) is 5.46. The average molecular weight is 463 g/mol. The number of halogens is 3. The van der Waals surface area contributed by atoms with Gasteiger partial charge in [-0.3, -0.25) is 0 Å². The zero-order valence-electron chi connectivity index (χ0n) is 20.1. The number of benzene rings is 3. The van der Waals surface area contributed by atoms with Crippen LogP contribution in [-0.4, -0.2) is 0 Å². The topological polar surface area (TPSA) is 0 Å². The Hall–Kier alpha value is -2.81. The van der Waals surface area contributed by atoms with Gasteiger partial charge in [-0.25, -0.2) is 13.2 Å². The minimum absolute atomic E-state index is 0.0939. The van der Waals surface area contributed by atoms with Gasteiger partial charge in [-0.2, -0.15) is 0 Å². The molecule has 1 aliphatic rings. The van der Waals surface area contributed by atoms with Crippen LogP contribution in [0.5, 0.6) is 0 Å². The molecule has 0 amide bonds. The molecule has 178 valence electrons. The van der Waals surface area contributed by atoms with Crippen LogP contribution in [0.1, 0.15) is 74.1 Å². The van der Waals surface area contributed by atoms with Gasteiger partial charge in [-0.15, -0.1) is 0 Å². The summed E-state index contributed by atoms with van der Waals surface area (Å²) in [5, 5.41) is 0. The number of hydrogen-bond acceptors (Lipinski definition) is 0. The van der Waals surface area contributed by atoms with E-state index in [1.807, 2.05) is 36.4 Å². The molecule has 3 aromatic rings. The lowest BCUT2D eigenvalue weighted by molar-refractivity contribution is 0.376. The maximum atomic E-state index is 14.8. The first-order valence-corrected chi connectivity index (χ1v) is 12.5. The smallest absolute Gasteiger partial charge is 0.167 e. The molecule has 0 radical (unpaired) electrons. The van der Waals surface area contributed by atoms with Crippen molar-refractivity contribution in [2.45, 2.75) is 64.7 Å². The molecule has 4 rings (SSSR count). The van der Waals surface area contributed by atoms with E-state index in [0.717, 1.165) is 61.6 Å². The van der Waals surface area contributed by atoms with Crippen LogP contribution in [0, 0.1) is 23.4 Å². The van der Waals surface area contributed by atoms with E-state index >= 15 is 0 Å². The number of hydrogen-bond donors (Lipinski definition) is 0. The van der Waals surface area contributed by atoms with Crippen LogP contribution in [0.15, 0.2) is 60.7 Å². The van der Waals surface area contributed by atoms with Gasteiger partial charge >= 0.3 is 0 Å². The highest BCUT2D eigenvalue weighted by molar-refractivity contribution is 5.67. The summed E-state index contributed by atoms with van der Waals surface area (Å²) in [6.45, 7) is 4.12. The fraction of sp³-hybridized carbons (Fsp3) is 0.355. The maximum absolute atomic E-state index is 14.8. The Kier molecular flexibility index (Phi) is 7.92. The first-order valence-electron chi connectivity index (χ1n) is 12.5. The second-order valence-corrected chi connectivity index (χ2v) is 9.45. The molecule has 34 heavy (non-hydrogen) atoms. The first kappa shape index (κ1) is 24.3. The van der Waals surface area contributed by atoms with Crippen LogP contribution in [0.3, 0.4) is 0 Å². The lowest BCUT2D eigenvalue weighted by atomic mass is 9.78. The Labute approximate surface area is 201 Å². The minimum Gasteiger partial charge on any atom is -0.207 e. The van der Waals surface area contributed by atoms with Crippen LogP contribution in [0.4, 0.5) is 13.2 Å². The summed E-state index contributed by atoms with van der Waals surface area (Å²) in [6.07, 6.45) is 10.2. The van der Waals surface area contributed by atoms with Crippen molar-refractivity contribution < 1.29 is 13.2 Å². The highest BCUT2D eigenvalue weighted by atomic mass is 19.2. The molecule has 0 spiro atoms. The van der Waals surface area contributed by atoms with Crippen molar-refractivity contribution in [3.05, 3.63) is 100 Å². The number of aryl methyl sites for hydroxylation is 2. The summed E-state index contributed by atoms with van der Waals surface area (Å²) in [7, 11) is 0. The maximum Gasteiger partial charge on any atom is 0.167 e. The Morgan fingerprint density at radius 3 is 2.21 bits per heavy atom. The molecule has 0 nitrogen and oxygen atoms in total. The van der Waals surface area contributed by atoms with Gasteiger partial charge in [-0.1, -0.05) is 81.0 Å². The molecular weight excluding hydrogens is 429 g/mol. The van der Waals surface area contributed by atoms with Crippen molar-refractivity contribution in [2.24, 2.45) is 5.92 Å². The summed E-state index contributed by atoms with van der Waals surface area (Å²) >= 11 is 0. The molecule has 3 aromatic carbocycles. The summed E-state index contributed by atoms with van der Waals surface area (Å²) < 4.78 is 43.9. The molecule has 0 unspecified atom stereocenters. The summed E-state index contributed by atoms with van der Waals surface area (Å²) in [6, 6.07) is 16.6. The second-order valence-electron chi connectivity index (χ2n) is 9.45. The SMILES string of the molecule is CCCc1ccc(C2CCC(C=Cc3ccc(-c4ccc(CC)cc4)c(F)c3F)CC2)cc1F. The van der Waals surface area contributed by atoms with Crippen molar-refractivity contribution in [3.63, 3.8) is 0 Å². The van der Waals surface area contributed by atoms with Gasteiger partial charge in [0.25, 0.3) is 0 Å². The van der Waals surface area contributed by atoms with E-state index < -0.39 is 11.6 Å². The normalized spacial score (nSPS) is 18.5. The van der Waals surface area contributed by atoms with Crippen molar-refractivity contribution in [3.8, 4) is 11.1 Å². The van der Waals surface area contributed by atoms with Gasteiger partial charge in [-0.05, 0) is 78.7 Å². The average Bonchev–Trinajstić information content (AvgIpc) is 2.87. The lowest BCUT2D eigenvalue weighted by Gasteiger charge is -2.27. The van der Waals surface area contributed by atoms with Gasteiger partial charge in [0.1, 0.15) is 5.82 Å². The van der Waals surface area contributed by atoms with Crippen molar-refractivity contribution >= 4 is 6.08 Å². The fourth-order valence-corrected chi connectivity index (χ4v) is 5.01. The number of allylic oxidation sites excluding steroid dienone is 1. The quantitative estimate of drug-likeness (QED) is 0.328. The van der Waals surface area contributed by atoms with Crippen LogP contribution in [-0.2, 0) is 12.8 Å². The van der Waals surface area contributed by atoms with Crippen LogP contribution >= 0.6 is 0 Å². The molecule has 0 aromatic heterocycles. The predicted octanol–water partition coefficient (Wildman–Crippen LogP) is 9.27. The predicted molar refractivity (Wildman–Crippen MR) is 135 cm³/mol. The zero-order valence-corrected chi connectivity index (χ0v) is 20.1. The van der Waals surface area contributed by atoms with Gasteiger partial charge < -0.3 is 0 Å². The molecule has 3 heteroatoms. The van der Waals surface area contributed by atoms with Crippen LogP contribution in [0.2, 0.25) is 0 Å². The molecule has 0 N–H and O–H groups in total. The highest BCUT2D eigenvalue weighted by Gasteiger charge is 2.22. The Bertz CT molecular complexity index is 1140. The molecule has 0 saturated heterocycles. The summed E-state index contributed by atoms with van der Waals surface area (Å²) in [5.74, 6) is -1.01. The standard InChI is InChI=1S/C31H33F3/c1-3-5-25-16-17-27(20-29(25)32)23-11-8-22(9-12-23)10-15-26-18-19-28(31(34)30(26)33)24-13-6-21(4-2)7-14-24/h6-7,10,13-20,22-23H,3-5,8-9,11-12H2,1-2H3. The van der Waals surface area contributed by atoms with Crippen molar-refractivity contribution in [2.75, 3.05) is 0 Å². The second kappa shape index (κ2) is 11.1. The lowest BCUT2D eigenvalue weighted by Crippen LogP contribution is -2.12. The summed E-state index contributed by atoms with van der Waals surface area (Å²) in [4.78, 5) is 0. The summed E-state index contributed by atoms with van der Waals surface area (Å²) in [5.41, 5.74) is 4.29. The first-order chi connectivity index (χ1) is 16.5. The zero-order chi connectivity index (χ0) is 24.1. The van der Waals surface area contributed by atoms with E-state index in [0.29, 0.717) is 17.4 Å².